The molecule has 0 radical (unpaired) electrons. The minimum atomic E-state index is 0.264. The Morgan fingerprint density at radius 3 is 2.51 bits per heavy atom. The Kier molecular flexibility index (Phi) is 8.08. The molecular formula is C28H34ClN11O. The number of imidazole rings is 1. The molecule has 0 unspecified atom stereocenters. The van der Waals surface area contributed by atoms with E-state index in [1.165, 1.54) is 23.6 Å². The largest absolute Gasteiger partial charge is 0.383 e. The van der Waals surface area contributed by atoms with Gasteiger partial charge in [0.25, 0.3) is 0 Å². The molecule has 3 aliphatic rings. The lowest BCUT2D eigenvalue weighted by atomic mass is 10.0. The predicted molar refractivity (Wildman–Crippen MR) is 157 cm³/mol. The Morgan fingerprint density at radius 2 is 1.83 bits per heavy atom. The summed E-state index contributed by atoms with van der Waals surface area (Å²) in [5.41, 5.74) is 2.66. The van der Waals surface area contributed by atoms with Crippen molar-refractivity contribution in [2.75, 3.05) is 75.1 Å². The summed E-state index contributed by atoms with van der Waals surface area (Å²) in [4.78, 5) is 16.3. The lowest BCUT2D eigenvalue weighted by molar-refractivity contribution is 0.0834. The molecular weight excluding hydrogens is 542 g/mol. The van der Waals surface area contributed by atoms with Crippen LogP contribution in [0.5, 0.6) is 0 Å². The lowest BCUT2D eigenvalue weighted by Crippen LogP contribution is -2.53. The second-order valence-corrected chi connectivity index (χ2v) is 11.3. The average Bonchev–Trinajstić information content (AvgIpc) is 3.73. The maximum Gasteiger partial charge on any atom is 0.247 e. The molecule has 214 valence electrons. The number of nitrogens with zero attached hydrogens (tertiary/aromatic N) is 9. The highest BCUT2D eigenvalue weighted by Crippen LogP contribution is 2.37. The molecule has 3 aromatic rings. The Bertz CT molecular complexity index is 1470. The summed E-state index contributed by atoms with van der Waals surface area (Å²) < 4.78 is 6.71. The molecule has 1 aromatic carbocycles. The first-order valence-electron chi connectivity index (χ1n) is 14.2. The Hall–Kier alpha value is -3.68. The zero-order valence-corrected chi connectivity index (χ0v) is 23.9. The van der Waals surface area contributed by atoms with Crippen LogP contribution in [-0.2, 0) is 4.74 Å². The van der Waals surface area contributed by atoms with E-state index in [0.29, 0.717) is 45.5 Å². The summed E-state index contributed by atoms with van der Waals surface area (Å²) >= 11 is 6.97. The van der Waals surface area contributed by atoms with Crippen molar-refractivity contribution in [3.05, 3.63) is 34.6 Å². The number of methoxy groups -OCH3 is 1. The molecule has 1 aliphatic carbocycles. The molecule has 4 heterocycles. The van der Waals surface area contributed by atoms with Gasteiger partial charge in [-0.25, -0.2) is 4.98 Å². The van der Waals surface area contributed by atoms with Gasteiger partial charge in [-0.2, -0.15) is 20.0 Å². The minimum absolute atomic E-state index is 0.264. The van der Waals surface area contributed by atoms with Crippen molar-refractivity contribution in [1.82, 2.24) is 29.4 Å². The van der Waals surface area contributed by atoms with Crippen molar-refractivity contribution in [3.63, 3.8) is 0 Å². The summed E-state index contributed by atoms with van der Waals surface area (Å²) in [5, 5.41) is 31.0. The van der Waals surface area contributed by atoms with Crippen LogP contribution < -0.4 is 15.5 Å². The van der Waals surface area contributed by atoms with Crippen molar-refractivity contribution in [2.45, 2.75) is 37.8 Å². The van der Waals surface area contributed by atoms with Gasteiger partial charge >= 0.3 is 0 Å². The van der Waals surface area contributed by atoms with Crippen LogP contribution in [0, 0.1) is 22.7 Å². The van der Waals surface area contributed by atoms with Crippen molar-refractivity contribution in [2.24, 2.45) is 0 Å². The first-order chi connectivity index (χ1) is 20.1. The van der Waals surface area contributed by atoms with Crippen LogP contribution in [0.2, 0.25) is 5.02 Å². The molecule has 0 amide bonds. The third-order valence-corrected chi connectivity index (χ3v) is 8.56. The fraction of sp³-hybridized carbons (Fsp3) is 0.536. The Morgan fingerprint density at radius 1 is 1.05 bits per heavy atom. The van der Waals surface area contributed by atoms with Crippen molar-refractivity contribution in [1.29, 1.82) is 10.5 Å². The maximum absolute atomic E-state index is 9.81. The van der Waals surface area contributed by atoms with Crippen LogP contribution in [0.15, 0.2) is 18.3 Å². The van der Waals surface area contributed by atoms with E-state index >= 15 is 0 Å². The van der Waals surface area contributed by atoms with Gasteiger partial charge in [0.2, 0.25) is 5.95 Å². The van der Waals surface area contributed by atoms with Crippen LogP contribution >= 0.6 is 11.6 Å². The van der Waals surface area contributed by atoms with E-state index in [1.807, 2.05) is 6.07 Å². The number of hydrogen-bond donors (Lipinski definition) is 2. The first kappa shape index (κ1) is 27.5. The Balaban J connectivity index is 1.18. The van der Waals surface area contributed by atoms with E-state index in [1.54, 1.807) is 13.2 Å². The van der Waals surface area contributed by atoms with E-state index in [0.717, 1.165) is 70.9 Å². The van der Waals surface area contributed by atoms with Crippen LogP contribution in [0.1, 0.15) is 36.9 Å². The van der Waals surface area contributed by atoms with Crippen molar-refractivity contribution >= 4 is 40.4 Å². The fourth-order valence-corrected chi connectivity index (χ4v) is 5.98. The topological polar surface area (TPSA) is 134 Å². The molecule has 13 heteroatoms. The molecule has 0 atom stereocenters. The molecule has 2 saturated heterocycles. The first-order valence-corrected chi connectivity index (χ1v) is 14.6. The van der Waals surface area contributed by atoms with Gasteiger partial charge in [0.05, 0.1) is 40.8 Å². The van der Waals surface area contributed by atoms with Crippen LogP contribution in [-0.4, -0.2) is 101 Å². The zero-order valence-electron chi connectivity index (χ0n) is 23.2. The number of nitriles is 2. The number of piperidine rings is 1. The summed E-state index contributed by atoms with van der Waals surface area (Å²) in [7, 11) is 1.76. The zero-order chi connectivity index (χ0) is 28.3. The van der Waals surface area contributed by atoms with Gasteiger partial charge in [-0.15, -0.1) is 5.10 Å². The smallest absolute Gasteiger partial charge is 0.247 e. The van der Waals surface area contributed by atoms with E-state index < -0.39 is 0 Å². The molecule has 2 aromatic heterocycles. The molecule has 2 N–H and O–H groups in total. The average molecular weight is 576 g/mol. The molecule has 2 aliphatic heterocycles. The van der Waals surface area contributed by atoms with Gasteiger partial charge in [-0.1, -0.05) is 11.6 Å². The SMILES string of the molecule is COCCN1CCC(N2CCN(c3cc(C#N)cc(Nc4nc(NC5CC5)c5ncc(C#N)n5n4)c3Cl)CC2)CC1. The summed E-state index contributed by atoms with van der Waals surface area (Å²) in [6.07, 6.45) is 5.96. The van der Waals surface area contributed by atoms with Gasteiger partial charge in [-0.05, 0) is 50.9 Å². The second kappa shape index (κ2) is 12.0. The maximum atomic E-state index is 9.81. The lowest BCUT2D eigenvalue weighted by Gasteiger charge is -2.43. The van der Waals surface area contributed by atoms with E-state index in [2.05, 4.69) is 52.5 Å². The van der Waals surface area contributed by atoms with Crippen LogP contribution in [0.25, 0.3) is 5.65 Å². The number of likely N-dealkylation sites (tertiary alicyclic amines) is 1. The third-order valence-electron chi connectivity index (χ3n) is 8.16. The van der Waals surface area contributed by atoms with Crippen molar-refractivity contribution < 1.29 is 4.74 Å². The number of aromatic nitrogens is 4. The number of rotatable bonds is 9. The van der Waals surface area contributed by atoms with Gasteiger partial charge in [-0.3, -0.25) is 4.90 Å². The fourth-order valence-electron chi connectivity index (χ4n) is 5.70. The highest BCUT2D eigenvalue weighted by atomic mass is 35.5. The van der Waals surface area contributed by atoms with Gasteiger partial charge in [0, 0.05) is 51.9 Å². The number of halogens is 1. The number of nitrogens with one attached hydrogen (secondary N) is 2. The van der Waals surface area contributed by atoms with Crippen LogP contribution in [0.3, 0.4) is 0 Å². The number of anilines is 4. The quantitative estimate of drug-likeness (QED) is 0.390. The number of ether oxygens (including phenoxy) is 1. The summed E-state index contributed by atoms with van der Waals surface area (Å²) in [6, 6.07) is 8.89. The van der Waals surface area contributed by atoms with Gasteiger partial charge in [0.15, 0.2) is 17.2 Å². The molecule has 3 fully saturated rings. The normalized spacial score (nSPS) is 18.8. The summed E-state index contributed by atoms with van der Waals surface area (Å²) in [5.74, 6) is 0.819. The van der Waals surface area contributed by atoms with Crippen LogP contribution in [0.4, 0.5) is 23.1 Å². The molecule has 6 rings (SSSR count). The number of benzene rings is 1. The Labute approximate surface area is 244 Å². The monoisotopic (exact) mass is 575 g/mol. The predicted octanol–water partition coefficient (Wildman–Crippen LogP) is 3.07. The van der Waals surface area contributed by atoms with Gasteiger partial charge in [0.1, 0.15) is 6.07 Å². The molecule has 0 spiro atoms. The third kappa shape index (κ3) is 6.02. The highest BCUT2D eigenvalue weighted by Gasteiger charge is 2.29. The second-order valence-electron chi connectivity index (χ2n) is 10.9. The van der Waals surface area contributed by atoms with E-state index in [9.17, 15) is 10.5 Å². The molecule has 41 heavy (non-hydrogen) atoms. The summed E-state index contributed by atoms with van der Waals surface area (Å²) in [6.45, 7) is 7.57. The van der Waals surface area contributed by atoms with E-state index in [-0.39, 0.29) is 5.95 Å². The van der Waals surface area contributed by atoms with Crippen molar-refractivity contribution in [3.8, 4) is 12.1 Å². The minimum Gasteiger partial charge on any atom is -0.383 e. The molecule has 12 nitrogen and oxygen atoms in total. The van der Waals surface area contributed by atoms with Gasteiger partial charge < -0.3 is 25.2 Å². The number of fused-ring (bicyclic) bond motifs is 1. The molecule has 0 bridgehead atoms. The standard InChI is InChI=1S/C28H34ClN11O/c1-41-13-12-37-6-4-21(5-7-37)38-8-10-39(11-9-38)24-15-19(16-30)14-23(25(24)29)34-28-35-26(33-20-2-3-20)27-32-18-22(17-31)40(27)36-28/h14-15,18,20-21H,2-13H2,1H3,(H2,33,34,35,36). The number of piperazine rings is 1. The molecule has 1 saturated carbocycles. The highest BCUT2D eigenvalue weighted by molar-refractivity contribution is 6.36. The number of hydrogen-bond acceptors (Lipinski definition) is 11. The van der Waals surface area contributed by atoms with E-state index in [4.69, 9.17) is 16.3 Å².